The fourth-order valence-corrected chi connectivity index (χ4v) is 4.54. The van der Waals surface area contributed by atoms with Gasteiger partial charge in [0.1, 0.15) is 17.3 Å². The Labute approximate surface area is 234 Å². The highest BCUT2D eigenvalue weighted by Crippen LogP contribution is 2.40. The molecule has 0 saturated heterocycles. The number of halogens is 7. The van der Waals surface area contributed by atoms with Crippen molar-refractivity contribution in [2.45, 2.75) is 39.0 Å². The Morgan fingerprint density at radius 3 is 2.30 bits per heavy atom. The first kappa shape index (κ1) is 29.4. The average Bonchev–Trinajstić information content (AvgIpc) is 3.67. The maximum Gasteiger partial charge on any atom is 0.387 e. The highest BCUT2D eigenvalue weighted by atomic mass is 79.9. The Morgan fingerprint density at radius 1 is 1.07 bits per heavy atom. The first-order valence-electron chi connectivity index (χ1n) is 12.1. The second kappa shape index (κ2) is 11.5. The minimum atomic E-state index is -3.31. The number of amides is 2. The van der Waals surface area contributed by atoms with E-state index in [1.165, 1.54) is 32.0 Å². The van der Waals surface area contributed by atoms with E-state index in [1.807, 2.05) is 0 Å². The SMILES string of the molecule is CC(C)(F)c1cc(Br)c(NC(=O)c2cccc(N(CC3CC3)C(=O)c3cc(F)cc(F)c3)c2F)c(OC(F)F)c1. The summed E-state index contributed by atoms with van der Waals surface area (Å²) < 4.78 is 88.6. The van der Waals surface area contributed by atoms with Gasteiger partial charge in [-0.3, -0.25) is 9.59 Å². The maximum atomic E-state index is 15.8. The summed E-state index contributed by atoms with van der Waals surface area (Å²) in [7, 11) is 0. The Bertz CT molecular complexity index is 1440. The van der Waals surface area contributed by atoms with Crippen LogP contribution < -0.4 is 15.0 Å². The van der Waals surface area contributed by atoms with Crippen molar-refractivity contribution in [3.8, 4) is 5.75 Å². The number of alkyl halides is 3. The third kappa shape index (κ3) is 6.78. The number of ether oxygens (including phenoxy) is 1. The van der Waals surface area contributed by atoms with E-state index in [1.54, 1.807) is 0 Å². The van der Waals surface area contributed by atoms with Crippen molar-refractivity contribution in [1.29, 1.82) is 0 Å². The second-order valence-corrected chi connectivity index (χ2v) is 10.6. The molecule has 0 bridgehead atoms. The third-order valence-electron chi connectivity index (χ3n) is 6.20. The fraction of sp³-hybridized carbons (Fsp3) is 0.286. The zero-order valence-electron chi connectivity index (χ0n) is 21.2. The zero-order valence-corrected chi connectivity index (χ0v) is 22.8. The number of carbonyl (C=O) groups excluding carboxylic acids is 2. The standard InChI is InChI=1S/C28H23BrF6N2O3/c1-28(2,35)16-10-20(29)24(22(11-16)40-27(33)34)36-25(38)19-4-3-5-21(23(19)32)37(13-14-6-7-14)26(39)15-8-17(30)12-18(31)9-15/h3-5,8-12,14,27H,6-7,13H2,1-2H3,(H,36,38). The van der Waals surface area contributed by atoms with E-state index in [2.05, 4.69) is 26.0 Å². The molecule has 0 radical (unpaired) electrons. The summed E-state index contributed by atoms with van der Waals surface area (Å²) in [5.41, 5.74) is -3.48. The van der Waals surface area contributed by atoms with Gasteiger partial charge in [0.15, 0.2) is 11.6 Å². The van der Waals surface area contributed by atoms with Crippen molar-refractivity contribution in [3.05, 3.63) is 87.1 Å². The molecular weight excluding hydrogens is 606 g/mol. The van der Waals surface area contributed by atoms with E-state index in [-0.39, 0.29) is 39.4 Å². The van der Waals surface area contributed by atoms with Gasteiger partial charge in [-0.1, -0.05) is 6.07 Å². The lowest BCUT2D eigenvalue weighted by molar-refractivity contribution is -0.0495. The quantitative estimate of drug-likeness (QED) is 0.244. The highest BCUT2D eigenvalue weighted by Gasteiger charge is 2.32. The molecule has 5 nitrogen and oxygen atoms in total. The molecule has 1 saturated carbocycles. The molecule has 2 amide bonds. The Kier molecular flexibility index (Phi) is 8.48. The van der Waals surface area contributed by atoms with Gasteiger partial charge < -0.3 is 15.0 Å². The maximum absolute atomic E-state index is 15.8. The van der Waals surface area contributed by atoms with Crippen molar-refractivity contribution in [2.24, 2.45) is 5.92 Å². The third-order valence-corrected chi connectivity index (χ3v) is 6.83. The largest absolute Gasteiger partial charge is 0.433 e. The van der Waals surface area contributed by atoms with Crippen LogP contribution >= 0.6 is 15.9 Å². The number of anilines is 2. The van der Waals surface area contributed by atoms with Crippen molar-refractivity contribution < 1.29 is 40.7 Å². The van der Waals surface area contributed by atoms with Crippen LogP contribution in [0.15, 0.2) is 53.0 Å². The predicted molar refractivity (Wildman–Crippen MR) is 140 cm³/mol. The molecule has 1 aliphatic carbocycles. The van der Waals surface area contributed by atoms with E-state index < -0.39 is 52.9 Å². The van der Waals surface area contributed by atoms with Gasteiger partial charge in [-0.15, -0.1) is 0 Å². The zero-order chi connectivity index (χ0) is 29.4. The van der Waals surface area contributed by atoms with Crippen LogP contribution in [0.2, 0.25) is 0 Å². The molecule has 1 fully saturated rings. The van der Waals surface area contributed by atoms with Crippen molar-refractivity contribution >= 4 is 39.1 Å². The molecule has 0 unspecified atom stereocenters. The van der Waals surface area contributed by atoms with Crippen molar-refractivity contribution in [1.82, 2.24) is 0 Å². The summed E-state index contributed by atoms with van der Waals surface area (Å²) in [5.74, 6) is -5.59. The molecule has 12 heteroatoms. The van der Waals surface area contributed by atoms with Crippen LogP contribution in [-0.2, 0) is 5.67 Å². The van der Waals surface area contributed by atoms with Gasteiger partial charge >= 0.3 is 6.61 Å². The summed E-state index contributed by atoms with van der Waals surface area (Å²) in [6.45, 7) is -0.868. The van der Waals surface area contributed by atoms with Gasteiger partial charge in [0.2, 0.25) is 0 Å². The van der Waals surface area contributed by atoms with Crippen molar-refractivity contribution in [2.75, 3.05) is 16.8 Å². The molecule has 0 aliphatic heterocycles. The lowest BCUT2D eigenvalue weighted by atomic mass is 9.99. The van der Waals surface area contributed by atoms with Gasteiger partial charge in [-0.2, -0.15) is 8.78 Å². The highest BCUT2D eigenvalue weighted by molar-refractivity contribution is 9.10. The second-order valence-electron chi connectivity index (χ2n) is 9.79. The first-order chi connectivity index (χ1) is 18.7. The van der Waals surface area contributed by atoms with Gasteiger partial charge in [0.25, 0.3) is 11.8 Å². The Balaban J connectivity index is 1.70. The summed E-state index contributed by atoms with van der Waals surface area (Å²) in [6, 6.07) is 8.14. The molecule has 1 N–H and O–H groups in total. The molecule has 0 spiro atoms. The van der Waals surface area contributed by atoms with Gasteiger partial charge in [-0.25, -0.2) is 17.6 Å². The van der Waals surface area contributed by atoms with Crippen LogP contribution in [0.3, 0.4) is 0 Å². The molecular formula is C28H23BrF6N2O3. The molecule has 0 heterocycles. The van der Waals surface area contributed by atoms with Crippen LogP contribution in [0.25, 0.3) is 0 Å². The van der Waals surface area contributed by atoms with Crippen LogP contribution in [0.1, 0.15) is 53.0 Å². The predicted octanol–water partition coefficient (Wildman–Crippen LogP) is 7.98. The number of benzene rings is 3. The van der Waals surface area contributed by atoms with Crippen LogP contribution in [-0.4, -0.2) is 25.0 Å². The number of rotatable bonds is 9. The fourth-order valence-electron chi connectivity index (χ4n) is 4.00. The molecule has 3 aromatic carbocycles. The Morgan fingerprint density at radius 2 is 1.73 bits per heavy atom. The van der Waals surface area contributed by atoms with Gasteiger partial charge in [0, 0.05) is 22.6 Å². The van der Waals surface area contributed by atoms with E-state index in [9.17, 15) is 31.5 Å². The summed E-state index contributed by atoms with van der Waals surface area (Å²) in [6.07, 6.45) is 1.52. The van der Waals surface area contributed by atoms with Gasteiger partial charge in [-0.05, 0) is 90.5 Å². The molecule has 4 rings (SSSR count). The number of carbonyl (C=O) groups is 2. The summed E-state index contributed by atoms with van der Waals surface area (Å²) >= 11 is 3.11. The van der Waals surface area contributed by atoms with E-state index in [0.717, 1.165) is 42.0 Å². The lowest BCUT2D eigenvalue weighted by Crippen LogP contribution is -2.34. The minimum Gasteiger partial charge on any atom is -0.433 e. The van der Waals surface area contributed by atoms with Crippen molar-refractivity contribution in [3.63, 3.8) is 0 Å². The molecule has 0 atom stereocenters. The minimum absolute atomic E-state index is 0.00467. The number of hydrogen-bond acceptors (Lipinski definition) is 3. The molecule has 3 aromatic rings. The van der Waals surface area contributed by atoms with Crippen LogP contribution in [0.4, 0.5) is 37.7 Å². The summed E-state index contributed by atoms with van der Waals surface area (Å²) in [4.78, 5) is 27.4. The number of nitrogens with zero attached hydrogens (tertiary/aromatic N) is 1. The molecule has 1 aliphatic rings. The van der Waals surface area contributed by atoms with E-state index in [4.69, 9.17) is 0 Å². The monoisotopic (exact) mass is 628 g/mol. The first-order valence-corrected chi connectivity index (χ1v) is 12.9. The molecule has 40 heavy (non-hydrogen) atoms. The smallest absolute Gasteiger partial charge is 0.387 e. The Hall–Kier alpha value is -3.54. The normalized spacial score (nSPS) is 13.3. The average molecular weight is 629 g/mol. The topological polar surface area (TPSA) is 58.6 Å². The summed E-state index contributed by atoms with van der Waals surface area (Å²) in [5, 5.41) is 2.31. The van der Waals surface area contributed by atoms with E-state index in [0.29, 0.717) is 6.07 Å². The molecule has 0 aromatic heterocycles. The van der Waals surface area contributed by atoms with Gasteiger partial charge in [0.05, 0.1) is 16.9 Å². The van der Waals surface area contributed by atoms with Crippen LogP contribution in [0.5, 0.6) is 5.75 Å². The number of hydrogen-bond donors (Lipinski definition) is 1. The lowest BCUT2D eigenvalue weighted by Gasteiger charge is -2.24. The van der Waals surface area contributed by atoms with E-state index >= 15 is 4.39 Å². The molecule has 212 valence electrons. The van der Waals surface area contributed by atoms with Crippen LogP contribution in [0, 0.1) is 23.4 Å². The number of nitrogens with one attached hydrogen (secondary N) is 1.